The van der Waals surface area contributed by atoms with Gasteiger partial charge >= 0.3 is 6.03 Å². The zero-order valence-electron chi connectivity index (χ0n) is 12.1. The molecule has 2 amide bonds. The van der Waals surface area contributed by atoms with Gasteiger partial charge in [0, 0.05) is 43.9 Å². The summed E-state index contributed by atoms with van der Waals surface area (Å²) in [7, 11) is 0. The third-order valence-electron chi connectivity index (χ3n) is 3.90. The van der Waals surface area contributed by atoms with Crippen LogP contribution in [0.15, 0.2) is 36.8 Å². The van der Waals surface area contributed by atoms with E-state index in [1.54, 1.807) is 12.4 Å². The van der Waals surface area contributed by atoms with Crippen molar-refractivity contribution in [2.24, 2.45) is 0 Å². The van der Waals surface area contributed by atoms with Crippen LogP contribution in [0.4, 0.5) is 4.79 Å². The second kappa shape index (κ2) is 5.95. The van der Waals surface area contributed by atoms with Crippen LogP contribution in [0.1, 0.15) is 23.7 Å². The van der Waals surface area contributed by atoms with Crippen LogP contribution in [0, 0.1) is 6.92 Å². The number of hydrogen-bond acceptors (Lipinski definition) is 3. The molecular weight excluding hydrogens is 266 g/mol. The molecule has 1 aliphatic rings. The van der Waals surface area contributed by atoms with Gasteiger partial charge in [-0.05, 0) is 31.0 Å². The summed E-state index contributed by atoms with van der Waals surface area (Å²) in [4.78, 5) is 18.3. The number of carbonyl (C=O) groups excluding carboxylic acids is 1. The van der Waals surface area contributed by atoms with E-state index in [0.29, 0.717) is 13.1 Å². The van der Waals surface area contributed by atoms with Gasteiger partial charge in [-0.25, -0.2) is 4.79 Å². The highest BCUT2D eigenvalue weighted by molar-refractivity contribution is 5.74. The summed E-state index contributed by atoms with van der Waals surface area (Å²) in [5.41, 5.74) is 2.00. The summed E-state index contributed by atoms with van der Waals surface area (Å²) in [6.07, 6.45) is 6.43. The molecule has 0 spiro atoms. The molecule has 1 atom stereocenters. The molecule has 2 aromatic rings. The van der Waals surface area contributed by atoms with E-state index in [-0.39, 0.29) is 12.1 Å². The van der Waals surface area contributed by atoms with Gasteiger partial charge in [-0.1, -0.05) is 6.07 Å². The van der Waals surface area contributed by atoms with Crippen molar-refractivity contribution in [2.75, 3.05) is 13.1 Å². The van der Waals surface area contributed by atoms with E-state index in [0.717, 1.165) is 24.2 Å². The number of rotatable bonds is 3. The van der Waals surface area contributed by atoms with Crippen molar-refractivity contribution in [3.63, 3.8) is 0 Å². The molecule has 0 aliphatic carbocycles. The van der Waals surface area contributed by atoms with Crippen LogP contribution in [0.25, 0.3) is 0 Å². The van der Waals surface area contributed by atoms with Crippen LogP contribution in [-0.4, -0.2) is 38.8 Å². The summed E-state index contributed by atoms with van der Waals surface area (Å²) >= 11 is 0. The minimum Gasteiger partial charge on any atom is -0.334 e. The quantitative estimate of drug-likeness (QED) is 0.934. The molecule has 6 heteroatoms. The molecule has 1 saturated heterocycles. The van der Waals surface area contributed by atoms with Gasteiger partial charge in [-0.2, -0.15) is 5.10 Å². The van der Waals surface area contributed by atoms with Crippen molar-refractivity contribution in [3.05, 3.63) is 48.0 Å². The van der Waals surface area contributed by atoms with E-state index in [4.69, 9.17) is 0 Å². The molecule has 1 aliphatic heterocycles. The minimum atomic E-state index is -0.0205. The maximum atomic E-state index is 12.2. The molecule has 6 nitrogen and oxygen atoms in total. The molecule has 3 heterocycles. The fourth-order valence-electron chi connectivity index (χ4n) is 2.63. The van der Waals surface area contributed by atoms with E-state index in [2.05, 4.69) is 15.4 Å². The van der Waals surface area contributed by atoms with E-state index in [9.17, 15) is 4.79 Å². The predicted octanol–water partition coefficient (Wildman–Crippen LogP) is 1.74. The number of aromatic nitrogens is 3. The largest absolute Gasteiger partial charge is 0.334 e. The maximum Gasteiger partial charge on any atom is 0.317 e. The number of amides is 2. The van der Waals surface area contributed by atoms with Crippen LogP contribution in [0.3, 0.4) is 0 Å². The van der Waals surface area contributed by atoms with Crippen LogP contribution in [-0.2, 0) is 6.54 Å². The predicted molar refractivity (Wildman–Crippen MR) is 78.7 cm³/mol. The zero-order chi connectivity index (χ0) is 14.7. The summed E-state index contributed by atoms with van der Waals surface area (Å²) in [5.74, 6) is 0. The lowest BCUT2D eigenvalue weighted by Crippen LogP contribution is -2.38. The minimum absolute atomic E-state index is 0.0205. The summed E-state index contributed by atoms with van der Waals surface area (Å²) in [6.45, 7) is 3.94. The highest BCUT2D eigenvalue weighted by atomic mass is 16.2. The second-order valence-corrected chi connectivity index (χ2v) is 5.28. The van der Waals surface area contributed by atoms with Crippen molar-refractivity contribution >= 4 is 6.03 Å². The van der Waals surface area contributed by atoms with E-state index >= 15 is 0 Å². The number of pyridine rings is 1. The Kier molecular flexibility index (Phi) is 3.85. The van der Waals surface area contributed by atoms with E-state index < -0.39 is 0 Å². The Bertz CT molecular complexity index is 610. The molecule has 110 valence electrons. The van der Waals surface area contributed by atoms with Gasteiger partial charge in [0.15, 0.2) is 0 Å². The molecule has 1 unspecified atom stereocenters. The Balaban J connectivity index is 1.54. The molecule has 1 N–H and O–H groups in total. The highest BCUT2D eigenvalue weighted by Gasteiger charge is 2.27. The second-order valence-electron chi connectivity index (χ2n) is 5.28. The zero-order valence-corrected chi connectivity index (χ0v) is 12.1. The summed E-state index contributed by atoms with van der Waals surface area (Å²) < 4.78 is 1.93. The lowest BCUT2D eigenvalue weighted by Gasteiger charge is -2.18. The average Bonchev–Trinajstić information content (AvgIpc) is 3.16. The van der Waals surface area contributed by atoms with Crippen molar-refractivity contribution in [1.82, 2.24) is 25.0 Å². The molecular formula is C15H19N5O. The lowest BCUT2D eigenvalue weighted by atomic mass is 10.2. The molecule has 0 radical (unpaired) electrons. The molecule has 2 aromatic heterocycles. The first kappa shape index (κ1) is 13.6. The SMILES string of the molecule is Cc1ncccc1CNC(=O)N1CCC(n2cccn2)C1. The Morgan fingerprint density at radius 3 is 3.10 bits per heavy atom. The summed E-state index contributed by atoms with van der Waals surface area (Å²) in [6, 6.07) is 6.05. The normalized spacial score (nSPS) is 18.0. The van der Waals surface area contributed by atoms with Crippen LogP contribution in [0.5, 0.6) is 0 Å². The number of hydrogen-bond donors (Lipinski definition) is 1. The maximum absolute atomic E-state index is 12.2. The number of likely N-dealkylation sites (tertiary alicyclic amines) is 1. The van der Waals surface area contributed by atoms with Gasteiger partial charge in [-0.15, -0.1) is 0 Å². The van der Waals surface area contributed by atoms with Crippen molar-refractivity contribution in [3.8, 4) is 0 Å². The molecule has 21 heavy (non-hydrogen) atoms. The third-order valence-corrected chi connectivity index (χ3v) is 3.90. The van der Waals surface area contributed by atoms with Gasteiger partial charge in [0.2, 0.25) is 0 Å². The summed E-state index contributed by atoms with van der Waals surface area (Å²) in [5, 5.41) is 7.21. The Hall–Kier alpha value is -2.37. The first-order valence-corrected chi connectivity index (χ1v) is 7.16. The van der Waals surface area contributed by atoms with Crippen molar-refractivity contribution < 1.29 is 4.79 Å². The fourth-order valence-corrected chi connectivity index (χ4v) is 2.63. The molecule has 0 aromatic carbocycles. The molecule has 0 bridgehead atoms. The number of nitrogens with one attached hydrogen (secondary N) is 1. The van der Waals surface area contributed by atoms with E-state index in [1.807, 2.05) is 40.9 Å². The number of carbonyl (C=O) groups is 1. The molecule has 1 fully saturated rings. The molecule has 0 saturated carbocycles. The van der Waals surface area contributed by atoms with Crippen molar-refractivity contribution in [1.29, 1.82) is 0 Å². The lowest BCUT2D eigenvalue weighted by molar-refractivity contribution is 0.206. The third kappa shape index (κ3) is 3.04. The Morgan fingerprint density at radius 1 is 1.43 bits per heavy atom. The first-order valence-electron chi connectivity index (χ1n) is 7.16. The average molecular weight is 285 g/mol. The van der Waals surface area contributed by atoms with Crippen molar-refractivity contribution in [2.45, 2.75) is 25.9 Å². The highest BCUT2D eigenvalue weighted by Crippen LogP contribution is 2.20. The van der Waals surface area contributed by atoms with Gasteiger partial charge < -0.3 is 10.2 Å². The smallest absolute Gasteiger partial charge is 0.317 e. The van der Waals surface area contributed by atoms with Crippen LogP contribution >= 0.6 is 0 Å². The number of nitrogens with zero attached hydrogens (tertiary/aromatic N) is 4. The van der Waals surface area contributed by atoms with Gasteiger partial charge in [0.05, 0.1) is 6.04 Å². The monoisotopic (exact) mass is 285 g/mol. The van der Waals surface area contributed by atoms with Gasteiger partial charge in [0.25, 0.3) is 0 Å². The van der Waals surface area contributed by atoms with Gasteiger partial charge in [0.1, 0.15) is 0 Å². The molecule has 3 rings (SSSR count). The topological polar surface area (TPSA) is 63.1 Å². The Morgan fingerprint density at radius 2 is 2.33 bits per heavy atom. The number of urea groups is 1. The van der Waals surface area contributed by atoms with Gasteiger partial charge in [-0.3, -0.25) is 9.67 Å². The van der Waals surface area contributed by atoms with Crippen LogP contribution < -0.4 is 5.32 Å². The van der Waals surface area contributed by atoms with E-state index in [1.165, 1.54) is 0 Å². The van der Waals surface area contributed by atoms with Crippen LogP contribution in [0.2, 0.25) is 0 Å². The number of aryl methyl sites for hydroxylation is 1. The first-order chi connectivity index (χ1) is 10.2. The Labute approximate surface area is 123 Å². The standard InChI is InChI=1S/C15H19N5O/c1-12-13(4-2-6-16-12)10-17-15(21)19-9-5-14(11-19)20-8-3-7-18-20/h2-4,6-8,14H,5,9-11H2,1H3,(H,17,21). The fraction of sp³-hybridized carbons (Fsp3) is 0.400.